The normalized spacial score (nSPS) is 21.9. The second-order valence-electron chi connectivity index (χ2n) is 6.13. The quantitative estimate of drug-likeness (QED) is 0.375. The SMILES string of the molecule is CCOC(=O)/C(=N/Nc1ccc(Br)cc1)N1C[C@H](C)C[C@@H](C)C1. The van der Waals surface area contributed by atoms with E-state index in [1.54, 1.807) is 6.92 Å². The largest absolute Gasteiger partial charge is 0.460 e. The van der Waals surface area contributed by atoms with E-state index in [0.717, 1.165) is 23.2 Å². The van der Waals surface area contributed by atoms with Crippen LogP contribution in [0.5, 0.6) is 0 Å². The molecule has 1 N–H and O–H groups in total. The first-order chi connectivity index (χ1) is 11.0. The van der Waals surface area contributed by atoms with E-state index < -0.39 is 0 Å². The van der Waals surface area contributed by atoms with Crippen LogP contribution in [0.1, 0.15) is 27.2 Å². The van der Waals surface area contributed by atoms with E-state index in [4.69, 9.17) is 4.74 Å². The molecule has 2 atom stereocenters. The molecule has 1 fully saturated rings. The van der Waals surface area contributed by atoms with E-state index in [2.05, 4.69) is 40.3 Å². The molecule has 1 aromatic carbocycles. The summed E-state index contributed by atoms with van der Waals surface area (Å²) in [4.78, 5) is 14.3. The Balaban J connectivity index is 2.17. The van der Waals surface area contributed by atoms with E-state index in [0.29, 0.717) is 24.3 Å². The third-order valence-corrected chi connectivity index (χ3v) is 4.29. The second kappa shape index (κ2) is 8.34. The zero-order chi connectivity index (χ0) is 16.8. The minimum Gasteiger partial charge on any atom is -0.460 e. The van der Waals surface area contributed by atoms with Crippen molar-refractivity contribution < 1.29 is 9.53 Å². The van der Waals surface area contributed by atoms with E-state index in [1.807, 2.05) is 29.2 Å². The van der Waals surface area contributed by atoms with Gasteiger partial charge in [0.05, 0.1) is 12.3 Å². The first-order valence-electron chi connectivity index (χ1n) is 8.01. The molecule has 0 saturated carbocycles. The molecular weight excluding hydrogens is 358 g/mol. The molecule has 5 nitrogen and oxygen atoms in total. The van der Waals surface area contributed by atoms with Crippen molar-refractivity contribution in [3.63, 3.8) is 0 Å². The van der Waals surface area contributed by atoms with Crippen molar-refractivity contribution in [3.8, 4) is 0 Å². The molecule has 126 valence electrons. The maximum atomic E-state index is 12.3. The summed E-state index contributed by atoms with van der Waals surface area (Å²) in [5, 5.41) is 4.34. The summed E-state index contributed by atoms with van der Waals surface area (Å²) in [6.45, 7) is 8.20. The Kier molecular flexibility index (Phi) is 6.45. The molecule has 2 rings (SSSR count). The number of rotatable bonds is 3. The number of amidine groups is 1. The number of anilines is 1. The first-order valence-corrected chi connectivity index (χ1v) is 8.80. The van der Waals surface area contributed by atoms with Crippen molar-refractivity contribution in [2.45, 2.75) is 27.2 Å². The van der Waals surface area contributed by atoms with Gasteiger partial charge in [-0.2, -0.15) is 0 Å². The van der Waals surface area contributed by atoms with Crippen LogP contribution in [0.25, 0.3) is 0 Å². The van der Waals surface area contributed by atoms with Gasteiger partial charge < -0.3 is 9.64 Å². The zero-order valence-electron chi connectivity index (χ0n) is 13.9. The van der Waals surface area contributed by atoms with Crippen LogP contribution in [-0.2, 0) is 9.53 Å². The Labute approximate surface area is 146 Å². The van der Waals surface area contributed by atoms with E-state index >= 15 is 0 Å². The average Bonchev–Trinajstić information content (AvgIpc) is 2.48. The standard InChI is InChI=1S/C17H24BrN3O2/c1-4-23-17(22)16(21-10-12(2)9-13(3)11-21)20-19-15-7-5-14(18)6-8-15/h5-8,12-13,19H,4,9-11H2,1-3H3/b20-16-/t12-,13-/m1/s1. The van der Waals surface area contributed by atoms with Crippen LogP contribution in [0.2, 0.25) is 0 Å². The lowest BCUT2D eigenvalue weighted by Gasteiger charge is -2.36. The van der Waals surface area contributed by atoms with Crippen molar-refractivity contribution >= 4 is 33.4 Å². The second-order valence-corrected chi connectivity index (χ2v) is 7.04. The number of hydrazone groups is 1. The Morgan fingerprint density at radius 1 is 1.30 bits per heavy atom. The Morgan fingerprint density at radius 2 is 1.91 bits per heavy atom. The number of carbonyl (C=O) groups is 1. The van der Waals surface area contributed by atoms with Crippen LogP contribution in [-0.4, -0.2) is 36.4 Å². The summed E-state index contributed by atoms with van der Waals surface area (Å²) in [5.41, 5.74) is 3.79. The molecule has 23 heavy (non-hydrogen) atoms. The summed E-state index contributed by atoms with van der Waals surface area (Å²) in [6, 6.07) is 7.65. The third-order valence-electron chi connectivity index (χ3n) is 3.76. The summed E-state index contributed by atoms with van der Waals surface area (Å²) < 4.78 is 6.17. The average molecular weight is 382 g/mol. The number of nitrogens with zero attached hydrogens (tertiary/aromatic N) is 2. The third kappa shape index (κ3) is 5.23. The fraction of sp³-hybridized carbons (Fsp3) is 0.529. The van der Waals surface area contributed by atoms with Crippen LogP contribution in [0.4, 0.5) is 5.69 Å². The molecule has 0 bridgehead atoms. The molecule has 0 aromatic heterocycles. The highest BCUT2D eigenvalue weighted by atomic mass is 79.9. The number of piperidine rings is 1. The molecule has 0 unspecified atom stereocenters. The summed E-state index contributed by atoms with van der Waals surface area (Å²) in [5.74, 6) is 1.05. The summed E-state index contributed by atoms with van der Waals surface area (Å²) in [7, 11) is 0. The molecule has 1 aliphatic rings. The van der Waals surface area contributed by atoms with Gasteiger partial charge in [-0.15, -0.1) is 5.10 Å². The van der Waals surface area contributed by atoms with Crippen molar-refractivity contribution in [1.82, 2.24) is 4.90 Å². The molecule has 6 heteroatoms. The maximum Gasteiger partial charge on any atom is 0.375 e. The van der Waals surface area contributed by atoms with Crippen molar-refractivity contribution in [3.05, 3.63) is 28.7 Å². The molecule has 1 heterocycles. The number of likely N-dealkylation sites (tertiary alicyclic amines) is 1. The minimum absolute atomic E-state index is 0.342. The van der Waals surface area contributed by atoms with Gasteiger partial charge in [0.1, 0.15) is 0 Å². The summed E-state index contributed by atoms with van der Waals surface area (Å²) >= 11 is 3.40. The molecule has 1 aromatic rings. The number of carbonyl (C=O) groups excluding carboxylic acids is 1. The highest BCUT2D eigenvalue weighted by molar-refractivity contribution is 9.10. The predicted octanol–water partition coefficient (Wildman–Crippen LogP) is 3.72. The Hall–Kier alpha value is -1.56. The van der Waals surface area contributed by atoms with E-state index in [-0.39, 0.29) is 5.97 Å². The monoisotopic (exact) mass is 381 g/mol. The number of hydrogen-bond acceptors (Lipinski definition) is 4. The number of halogens is 1. The summed E-state index contributed by atoms with van der Waals surface area (Å²) in [6.07, 6.45) is 1.17. The van der Waals surface area contributed by atoms with Gasteiger partial charge >= 0.3 is 5.97 Å². The first kappa shape index (κ1) is 17.8. The highest BCUT2D eigenvalue weighted by Crippen LogP contribution is 2.22. The van der Waals surface area contributed by atoms with Gasteiger partial charge in [-0.1, -0.05) is 29.8 Å². The van der Waals surface area contributed by atoms with E-state index in [1.165, 1.54) is 6.42 Å². The lowest BCUT2D eigenvalue weighted by Crippen LogP contribution is -2.46. The fourth-order valence-corrected chi connectivity index (χ4v) is 3.18. The molecule has 0 spiro atoms. The molecule has 1 aliphatic heterocycles. The topological polar surface area (TPSA) is 53.9 Å². The molecule has 0 radical (unpaired) electrons. The molecule has 1 saturated heterocycles. The van der Waals surface area contributed by atoms with Crippen LogP contribution in [0.15, 0.2) is 33.8 Å². The van der Waals surface area contributed by atoms with Gasteiger partial charge in [-0.05, 0) is 49.4 Å². The van der Waals surface area contributed by atoms with Gasteiger partial charge in [-0.25, -0.2) is 4.79 Å². The highest BCUT2D eigenvalue weighted by Gasteiger charge is 2.28. The number of benzene rings is 1. The number of hydrogen-bond donors (Lipinski definition) is 1. The van der Waals surface area contributed by atoms with Crippen LogP contribution in [0.3, 0.4) is 0 Å². The number of esters is 1. The Morgan fingerprint density at radius 3 is 2.48 bits per heavy atom. The smallest absolute Gasteiger partial charge is 0.375 e. The van der Waals surface area contributed by atoms with Crippen molar-refractivity contribution in [2.75, 3.05) is 25.1 Å². The van der Waals surface area contributed by atoms with Gasteiger partial charge in [0.15, 0.2) is 0 Å². The number of nitrogens with one attached hydrogen (secondary N) is 1. The van der Waals surface area contributed by atoms with Gasteiger partial charge in [0.25, 0.3) is 0 Å². The van der Waals surface area contributed by atoms with Crippen LogP contribution in [0, 0.1) is 11.8 Å². The lowest BCUT2D eigenvalue weighted by atomic mass is 9.92. The minimum atomic E-state index is -0.376. The van der Waals surface area contributed by atoms with E-state index in [9.17, 15) is 4.79 Å². The molecular formula is C17H24BrN3O2. The van der Waals surface area contributed by atoms with Gasteiger partial charge in [-0.3, -0.25) is 5.43 Å². The fourth-order valence-electron chi connectivity index (χ4n) is 2.92. The van der Waals surface area contributed by atoms with Crippen LogP contribution >= 0.6 is 15.9 Å². The van der Waals surface area contributed by atoms with Crippen molar-refractivity contribution in [2.24, 2.45) is 16.9 Å². The van der Waals surface area contributed by atoms with Gasteiger partial charge in [0, 0.05) is 17.6 Å². The van der Waals surface area contributed by atoms with Gasteiger partial charge in [0.2, 0.25) is 5.84 Å². The molecule has 0 aliphatic carbocycles. The van der Waals surface area contributed by atoms with Crippen LogP contribution < -0.4 is 5.43 Å². The maximum absolute atomic E-state index is 12.3. The predicted molar refractivity (Wildman–Crippen MR) is 96.4 cm³/mol. The lowest BCUT2D eigenvalue weighted by molar-refractivity contribution is -0.136. The van der Waals surface area contributed by atoms with Crippen molar-refractivity contribution in [1.29, 1.82) is 0 Å². The molecule has 0 amide bonds. The number of ether oxygens (including phenoxy) is 1. The zero-order valence-corrected chi connectivity index (χ0v) is 15.5. The Bertz CT molecular complexity index is 549.